The minimum atomic E-state index is -3.50. The number of hydrogen-bond donors (Lipinski definition) is 2. The van der Waals surface area contributed by atoms with Crippen molar-refractivity contribution in [3.05, 3.63) is 32.6 Å². The number of aromatic amines is 1. The Morgan fingerprint density at radius 1 is 1.38 bits per heavy atom. The third-order valence-electron chi connectivity index (χ3n) is 4.82. The van der Waals surface area contributed by atoms with E-state index in [1.165, 1.54) is 25.0 Å². The van der Waals surface area contributed by atoms with E-state index < -0.39 is 42.0 Å². The van der Waals surface area contributed by atoms with Crippen molar-refractivity contribution in [2.75, 3.05) is 14.2 Å². The molecule has 9 nitrogen and oxygen atoms in total. The van der Waals surface area contributed by atoms with Crippen LogP contribution in [0.3, 0.4) is 0 Å². The molecule has 0 radical (unpaired) electrons. The van der Waals surface area contributed by atoms with Crippen LogP contribution in [0, 0.1) is 6.92 Å². The summed E-state index contributed by atoms with van der Waals surface area (Å²) in [6.07, 6.45) is 0.105. The van der Waals surface area contributed by atoms with Crippen LogP contribution in [0.5, 0.6) is 0 Å². The third-order valence-corrected chi connectivity index (χ3v) is 6.48. The SMILES string of the molecule is CCC1(CC)O[C@@H](n2cc(C)c(=O)[nH]c2=O)C(OC)C1OP(O)(=S)OC. The zero-order valence-electron chi connectivity index (χ0n) is 15.4. The van der Waals surface area contributed by atoms with Gasteiger partial charge in [0.1, 0.15) is 12.2 Å². The molecular weight excluding hydrogens is 383 g/mol. The van der Waals surface area contributed by atoms with E-state index in [0.29, 0.717) is 18.4 Å². The van der Waals surface area contributed by atoms with Crippen LogP contribution in [0.1, 0.15) is 38.5 Å². The van der Waals surface area contributed by atoms with Crippen LogP contribution >= 0.6 is 6.72 Å². The fourth-order valence-electron chi connectivity index (χ4n) is 3.22. The molecule has 0 aliphatic carbocycles. The fourth-order valence-corrected chi connectivity index (χ4v) is 4.18. The number of nitrogens with zero attached hydrogens (tertiary/aromatic N) is 1. The molecule has 1 aliphatic heterocycles. The molecule has 1 fully saturated rings. The maximum atomic E-state index is 12.3. The second-order valence-electron chi connectivity index (χ2n) is 6.14. The highest BCUT2D eigenvalue weighted by atomic mass is 32.5. The zero-order chi connectivity index (χ0) is 19.7. The lowest BCUT2D eigenvalue weighted by Gasteiger charge is -2.34. The third kappa shape index (κ3) is 3.87. The first-order valence-electron chi connectivity index (χ1n) is 8.24. The highest BCUT2D eigenvalue weighted by Crippen LogP contribution is 2.52. The van der Waals surface area contributed by atoms with Gasteiger partial charge in [-0.1, -0.05) is 13.8 Å². The molecule has 2 rings (SSSR count). The summed E-state index contributed by atoms with van der Waals surface area (Å²) >= 11 is 4.99. The number of nitrogens with one attached hydrogen (secondary N) is 1. The lowest BCUT2D eigenvalue weighted by molar-refractivity contribution is -0.108. The van der Waals surface area contributed by atoms with Gasteiger partial charge in [0.25, 0.3) is 5.56 Å². The first-order valence-corrected chi connectivity index (χ1v) is 10.8. The summed E-state index contributed by atoms with van der Waals surface area (Å²) in [7, 11) is 2.72. The topological polar surface area (TPSA) is 112 Å². The average molecular weight is 408 g/mol. The number of methoxy groups -OCH3 is 1. The van der Waals surface area contributed by atoms with Gasteiger partial charge in [-0.2, -0.15) is 0 Å². The smallest absolute Gasteiger partial charge is 0.330 e. The molecule has 0 bridgehead atoms. The van der Waals surface area contributed by atoms with Gasteiger partial charge in [-0.15, -0.1) is 0 Å². The van der Waals surface area contributed by atoms with Crippen LogP contribution in [0.15, 0.2) is 15.8 Å². The standard InChI is InChI=1S/C15H25N2O7PS/c1-6-15(7-2)11(24-25(20,26)22-5)10(21-4)13(23-15)17-8-9(3)12(18)16-14(17)19/h8,10-11,13H,6-7H2,1-5H3,(H,20,26)(H,16,18,19)/t10?,11?,13-,25?/m1/s1. The van der Waals surface area contributed by atoms with Crippen LogP contribution in [0.4, 0.5) is 0 Å². The van der Waals surface area contributed by atoms with Gasteiger partial charge in [-0.25, -0.2) is 4.79 Å². The lowest BCUT2D eigenvalue weighted by atomic mass is 9.90. The number of hydrogen-bond acceptors (Lipinski definition) is 7. The molecule has 4 atom stereocenters. The molecule has 0 saturated carbocycles. The Labute approximate surface area is 156 Å². The van der Waals surface area contributed by atoms with Gasteiger partial charge in [0, 0.05) is 26.0 Å². The Bertz CT molecular complexity index is 804. The number of H-pyrrole nitrogens is 1. The van der Waals surface area contributed by atoms with E-state index in [2.05, 4.69) is 4.98 Å². The van der Waals surface area contributed by atoms with Crippen molar-refractivity contribution in [2.45, 2.75) is 57.6 Å². The summed E-state index contributed by atoms with van der Waals surface area (Å²) in [5, 5.41) is 0. The number of ether oxygens (including phenoxy) is 2. The molecular formula is C15H25N2O7PS. The predicted molar refractivity (Wildman–Crippen MR) is 98.7 cm³/mol. The van der Waals surface area contributed by atoms with E-state index in [0.717, 1.165) is 0 Å². The van der Waals surface area contributed by atoms with Gasteiger partial charge in [0.2, 0.25) is 0 Å². The predicted octanol–water partition coefficient (Wildman–Crippen LogP) is 1.20. The van der Waals surface area contributed by atoms with Crippen LogP contribution in [0.2, 0.25) is 0 Å². The molecule has 0 spiro atoms. The number of rotatable bonds is 7. The second-order valence-corrected chi connectivity index (χ2v) is 9.03. The van der Waals surface area contributed by atoms with Gasteiger partial charge in [0.15, 0.2) is 6.23 Å². The van der Waals surface area contributed by atoms with Gasteiger partial charge in [-0.05, 0) is 31.6 Å². The van der Waals surface area contributed by atoms with E-state index >= 15 is 0 Å². The Hall–Kier alpha value is -0.870. The Morgan fingerprint density at radius 2 is 2.00 bits per heavy atom. The molecule has 2 heterocycles. The van der Waals surface area contributed by atoms with Gasteiger partial charge < -0.3 is 18.9 Å². The molecule has 148 valence electrons. The fraction of sp³-hybridized carbons (Fsp3) is 0.733. The minimum absolute atomic E-state index is 0.357. The van der Waals surface area contributed by atoms with E-state index in [1.54, 1.807) is 6.92 Å². The van der Waals surface area contributed by atoms with Gasteiger partial charge in [0.05, 0.1) is 5.60 Å². The highest BCUT2D eigenvalue weighted by molar-refractivity contribution is 8.07. The van der Waals surface area contributed by atoms with E-state index in [4.69, 9.17) is 30.3 Å². The molecule has 1 aliphatic rings. The van der Waals surface area contributed by atoms with Gasteiger partial charge in [-0.3, -0.25) is 18.9 Å². The van der Waals surface area contributed by atoms with Crippen molar-refractivity contribution >= 4 is 18.5 Å². The molecule has 3 unspecified atom stereocenters. The first-order chi connectivity index (χ1) is 12.1. The second kappa shape index (κ2) is 8.02. The van der Waals surface area contributed by atoms with Crippen molar-refractivity contribution in [2.24, 2.45) is 0 Å². The summed E-state index contributed by atoms with van der Waals surface area (Å²) < 4.78 is 23.7. The summed E-state index contributed by atoms with van der Waals surface area (Å²) in [4.78, 5) is 36.4. The molecule has 0 aromatic carbocycles. The molecule has 0 amide bonds. The van der Waals surface area contributed by atoms with Crippen molar-refractivity contribution in [1.29, 1.82) is 0 Å². The molecule has 11 heteroatoms. The van der Waals surface area contributed by atoms with Crippen LogP contribution in [-0.4, -0.2) is 46.5 Å². The summed E-state index contributed by atoms with van der Waals surface area (Å²) in [6, 6.07) is 0. The van der Waals surface area contributed by atoms with Gasteiger partial charge >= 0.3 is 12.4 Å². The monoisotopic (exact) mass is 408 g/mol. The normalized spacial score (nSPS) is 27.4. The molecule has 1 saturated heterocycles. The molecule has 1 aromatic rings. The van der Waals surface area contributed by atoms with E-state index in [1.807, 2.05) is 13.8 Å². The summed E-state index contributed by atoms with van der Waals surface area (Å²) in [5.41, 5.74) is -1.58. The molecule has 2 N–H and O–H groups in total. The molecule has 1 aromatic heterocycles. The summed E-state index contributed by atoms with van der Waals surface area (Å²) in [5.74, 6) is 0. The molecule has 26 heavy (non-hydrogen) atoms. The quantitative estimate of drug-likeness (QED) is 0.648. The zero-order valence-corrected chi connectivity index (χ0v) is 17.1. The lowest BCUT2D eigenvalue weighted by Crippen LogP contribution is -2.44. The Morgan fingerprint density at radius 3 is 2.50 bits per heavy atom. The maximum absolute atomic E-state index is 12.3. The van der Waals surface area contributed by atoms with Crippen LogP contribution in [-0.2, 0) is 30.3 Å². The van der Waals surface area contributed by atoms with Crippen molar-refractivity contribution in [3.63, 3.8) is 0 Å². The van der Waals surface area contributed by atoms with Crippen LogP contribution in [0.25, 0.3) is 0 Å². The average Bonchev–Trinajstić information content (AvgIpc) is 2.91. The van der Waals surface area contributed by atoms with E-state index in [9.17, 15) is 14.5 Å². The van der Waals surface area contributed by atoms with Crippen molar-refractivity contribution in [1.82, 2.24) is 9.55 Å². The van der Waals surface area contributed by atoms with E-state index in [-0.39, 0.29) is 0 Å². The number of aryl methyl sites for hydroxylation is 1. The van der Waals surface area contributed by atoms with Crippen molar-refractivity contribution < 1.29 is 23.4 Å². The number of aromatic nitrogens is 2. The highest BCUT2D eigenvalue weighted by Gasteiger charge is 2.57. The largest absolute Gasteiger partial charge is 0.374 e. The Balaban J connectivity index is 2.56. The maximum Gasteiger partial charge on any atom is 0.330 e. The minimum Gasteiger partial charge on any atom is -0.374 e. The van der Waals surface area contributed by atoms with Crippen molar-refractivity contribution in [3.8, 4) is 0 Å². The first kappa shape index (κ1) is 21.4. The van der Waals surface area contributed by atoms with Crippen LogP contribution < -0.4 is 11.2 Å². The Kier molecular flexibility index (Phi) is 6.61. The summed E-state index contributed by atoms with van der Waals surface area (Å²) in [6.45, 7) is 1.90.